The summed E-state index contributed by atoms with van der Waals surface area (Å²) in [4.78, 5) is 0. The Morgan fingerprint density at radius 2 is 1.53 bits per heavy atom. The second kappa shape index (κ2) is 5.93. The molecule has 9 heteroatoms. The van der Waals surface area contributed by atoms with Crippen LogP contribution in [0.25, 0.3) is 0 Å². The van der Waals surface area contributed by atoms with E-state index in [2.05, 4.69) is 4.74 Å². The Kier molecular flexibility index (Phi) is 6.01. The first-order valence-corrected chi connectivity index (χ1v) is 4.48. The Morgan fingerprint density at radius 1 is 1.00 bits per heavy atom. The van der Waals surface area contributed by atoms with E-state index >= 15 is 0 Å². The molecule has 1 aromatic rings. The zero-order valence-electron chi connectivity index (χ0n) is 7.29. The van der Waals surface area contributed by atoms with Gasteiger partial charge in [-0.1, -0.05) is 23.2 Å². The van der Waals surface area contributed by atoms with E-state index in [1.54, 1.807) is 0 Å². The predicted octanol–water partition coefficient (Wildman–Crippen LogP) is 3.88. The van der Waals surface area contributed by atoms with Crippen LogP contribution in [-0.4, -0.2) is 41.8 Å². The van der Waals surface area contributed by atoms with Gasteiger partial charge in [-0.3, -0.25) is 0 Å². The molecule has 0 atom stereocenters. The summed E-state index contributed by atoms with van der Waals surface area (Å²) in [7, 11) is 0. The summed E-state index contributed by atoms with van der Waals surface area (Å²) in [6.07, 6.45) is -11.1. The van der Waals surface area contributed by atoms with Gasteiger partial charge < -0.3 is 4.74 Å². The van der Waals surface area contributed by atoms with Crippen molar-refractivity contribution in [1.82, 2.24) is 0 Å². The Labute approximate surface area is 125 Å². The van der Waals surface area contributed by atoms with E-state index in [4.69, 9.17) is 23.2 Å². The molecule has 17 heavy (non-hydrogen) atoms. The van der Waals surface area contributed by atoms with Crippen LogP contribution in [0.3, 0.4) is 0 Å². The van der Waals surface area contributed by atoms with Crippen LogP contribution in [0.2, 0.25) is 10.0 Å². The van der Waals surface area contributed by atoms with Gasteiger partial charge in [0.15, 0.2) is 0 Å². The van der Waals surface area contributed by atoms with Crippen LogP contribution in [-0.2, 0) is 0 Å². The van der Waals surface area contributed by atoms with Gasteiger partial charge in [-0.25, -0.2) is 0 Å². The third kappa shape index (κ3) is 4.44. The molecule has 0 heterocycles. The van der Waals surface area contributed by atoms with E-state index in [1.165, 1.54) is 6.07 Å². The fourth-order valence-electron chi connectivity index (χ4n) is 0.751. The first-order valence-electron chi connectivity index (χ1n) is 3.72. The van der Waals surface area contributed by atoms with E-state index in [0.29, 0.717) is 0 Å². The summed E-state index contributed by atoms with van der Waals surface area (Å²) < 4.78 is 63.9. The van der Waals surface area contributed by atoms with Crippen LogP contribution in [0, 0.1) is 0 Å². The molecule has 0 aliphatic rings. The third-order valence-corrected chi connectivity index (χ3v) is 2.01. The van der Waals surface area contributed by atoms with Crippen LogP contribution >= 0.6 is 23.2 Å². The molecule has 92 valence electrons. The van der Waals surface area contributed by atoms with Crippen molar-refractivity contribution in [3.05, 3.63) is 28.2 Å². The van der Waals surface area contributed by atoms with Crippen molar-refractivity contribution < 1.29 is 26.7 Å². The number of hydrogen-bond donors (Lipinski definition) is 0. The molecule has 1 nitrogen and oxygen atoms in total. The minimum absolute atomic E-state index is 0. The maximum atomic E-state index is 12.5. The second-order valence-electron chi connectivity index (χ2n) is 2.69. The molecule has 0 aliphatic carbocycles. The molecule has 0 unspecified atom stereocenters. The van der Waals surface area contributed by atoms with Gasteiger partial charge in [0.2, 0.25) is 0 Å². The normalized spacial score (nSPS) is 11.9. The van der Waals surface area contributed by atoms with Crippen molar-refractivity contribution in [3.8, 4) is 5.75 Å². The van der Waals surface area contributed by atoms with Crippen LogP contribution in [0.15, 0.2) is 18.2 Å². The summed E-state index contributed by atoms with van der Waals surface area (Å²) in [5.74, 6) is -0.837. The van der Waals surface area contributed by atoms with Gasteiger partial charge in [0.05, 0.1) is 5.02 Å². The molecule has 0 aromatic heterocycles. The molecule has 1 rings (SSSR count). The van der Waals surface area contributed by atoms with Crippen molar-refractivity contribution in [2.75, 3.05) is 0 Å². The topological polar surface area (TPSA) is 9.23 Å². The number of rotatable bonds is 2. The quantitative estimate of drug-likeness (QED) is 0.595. The molecule has 0 saturated heterocycles. The van der Waals surface area contributed by atoms with Crippen molar-refractivity contribution in [3.63, 3.8) is 0 Å². The number of halogens is 7. The first kappa shape index (κ1) is 17.2. The van der Waals surface area contributed by atoms with Crippen molar-refractivity contribution in [1.29, 1.82) is 0 Å². The molecule has 0 fully saturated rings. The second-order valence-corrected chi connectivity index (χ2v) is 3.53. The van der Waals surface area contributed by atoms with Crippen LogP contribution in [0.5, 0.6) is 5.75 Å². The van der Waals surface area contributed by atoms with Gasteiger partial charge in [0.25, 0.3) is 0 Å². The van der Waals surface area contributed by atoms with Gasteiger partial charge in [0.1, 0.15) is 5.75 Å². The molecular weight excluding hydrogens is 301 g/mol. The monoisotopic (exact) mass is 304 g/mol. The minimum atomic E-state index is -5.82. The molecule has 1 aromatic carbocycles. The summed E-state index contributed by atoms with van der Waals surface area (Å²) in [5.41, 5.74) is 0. The van der Waals surface area contributed by atoms with Gasteiger partial charge in [-0.05, 0) is 12.1 Å². The van der Waals surface area contributed by atoms with Gasteiger partial charge in [-0.2, -0.15) is 22.0 Å². The molecule has 0 radical (unpaired) electrons. The molecule has 0 N–H and O–H groups in total. The van der Waals surface area contributed by atoms with E-state index in [0.717, 1.165) is 12.1 Å². The number of benzene rings is 1. The molecular formula is C8H4Cl2F5NaO. The van der Waals surface area contributed by atoms with Crippen molar-refractivity contribution >= 4 is 52.8 Å². The summed E-state index contributed by atoms with van der Waals surface area (Å²) in [5, 5.41) is -0.467. The average Bonchev–Trinajstić information content (AvgIpc) is 2.09. The van der Waals surface area contributed by atoms with E-state index in [1.807, 2.05) is 0 Å². The first-order chi connectivity index (χ1) is 7.13. The predicted molar refractivity (Wildman–Crippen MR) is 55.2 cm³/mol. The van der Waals surface area contributed by atoms with Gasteiger partial charge >= 0.3 is 41.8 Å². The number of hydrogen-bond acceptors (Lipinski definition) is 1. The summed E-state index contributed by atoms with van der Waals surface area (Å²) in [6, 6.07) is 3.04. The van der Waals surface area contributed by atoms with Crippen LogP contribution < -0.4 is 4.74 Å². The SMILES string of the molecule is FC(F)(F)C(F)(F)Oc1cc(Cl)ccc1Cl.[NaH]. The zero-order valence-corrected chi connectivity index (χ0v) is 8.80. The standard InChI is InChI=1S/C8H3Cl2F5O.Na.H/c9-4-1-2-5(10)6(3-4)16-8(14,15)7(11,12)13;;/h1-3H;;. The van der Waals surface area contributed by atoms with Crippen molar-refractivity contribution in [2.24, 2.45) is 0 Å². The van der Waals surface area contributed by atoms with Gasteiger partial charge in [0, 0.05) is 11.1 Å². The van der Waals surface area contributed by atoms with Crippen LogP contribution in [0.4, 0.5) is 22.0 Å². The van der Waals surface area contributed by atoms with Crippen LogP contribution in [0.1, 0.15) is 0 Å². The fraction of sp³-hybridized carbons (Fsp3) is 0.250. The van der Waals surface area contributed by atoms with Gasteiger partial charge in [-0.15, -0.1) is 0 Å². The third-order valence-electron chi connectivity index (χ3n) is 1.46. The Bertz CT molecular complexity index is 396. The zero-order chi connectivity index (χ0) is 12.6. The Balaban J connectivity index is 0.00000256. The van der Waals surface area contributed by atoms with Crippen molar-refractivity contribution in [2.45, 2.75) is 12.3 Å². The summed E-state index contributed by atoms with van der Waals surface area (Å²) in [6.45, 7) is 0. The Hall–Kier alpha value is 0.250. The summed E-state index contributed by atoms with van der Waals surface area (Å²) >= 11 is 10.8. The van der Waals surface area contributed by atoms with E-state index in [-0.39, 0.29) is 34.6 Å². The molecule has 0 amide bonds. The maximum absolute atomic E-state index is 12.5. The average molecular weight is 305 g/mol. The molecule has 0 saturated carbocycles. The van der Waals surface area contributed by atoms with E-state index in [9.17, 15) is 22.0 Å². The number of alkyl halides is 5. The van der Waals surface area contributed by atoms with E-state index < -0.39 is 23.1 Å². The fourth-order valence-corrected chi connectivity index (χ4v) is 1.07. The molecule has 0 aliphatic heterocycles. The molecule has 0 bridgehead atoms. The molecule has 0 spiro atoms. The Morgan fingerprint density at radius 3 is 2.00 bits per heavy atom. The number of ether oxygens (including phenoxy) is 1.